The van der Waals surface area contributed by atoms with Gasteiger partial charge in [-0.05, 0) is 32.8 Å². The predicted octanol–water partition coefficient (Wildman–Crippen LogP) is 4.06. The fourth-order valence-corrected chi connectivity index (χ4v) is 2.41. The molecule has 3 aromatic rings. The van der Waals surface area contributed by atoms with Crippen molar-refractivity contribution in [1.29, 1.82) is 5.26 Å². The zero-order valence-corrected chi connectivity index (χ0v) is 11.8. The number of rotatable bonds is 2. The van der Waals surface area contributed by atoms with Crippen LogP contribution >= 0.6 is 15.9 Å². The van der Waals surface area contributed by atoms with Crippen LogP contribution in [0.15, 0.2) is 53.3 Å². The molecule has 0 saturated heterocycles. The molecule has 0 N–H and O–H groups in total. The lowest BCUT2D eigenvalue weighted by atomic mass is 10.1. The maximum Gasteiger partial charge on any atom is 0.237 e. The van der Waals surface area contributed by atoms with Gasteiger partial charge in [0, 0.05) is 0 Å². The minimum absolute atomic E-state index is 0.259. The molecule has 20 heavy (non-hydrogen) atoms. The Labute approximate surface area is 123 Å². The van der Waals surface area contributed by atoms with Crippen molar-refractivity contribution in [3.05, 3.63) is 59.0 Å². The first-order valence-corrected chi connectivity index (χ1v) is 6.64. The van der Waals surface area contributed by atoms with E-state index in [0.29, 0.717) is 11.6 Å². The van der Waals surface area contributed by atoms with Crippen LogP contribution in [0, 0.1) is 11.3 Å². The van der Waals surface area contributed by atoms with Gasteiger partial charge in [0.1, 0.15) is 11.8 Å². The molecular weight excluding hydrogens is 318 g/mol. The van der Waals surface area contributed by atoms with E-state index < -0.39 is 0 Å². The fraction of sp³-hybridized carbons (Fsp3) is 0. The first-order chi connectivity index (χ1) is 9.78. The molecule has 1 aromatic heterocycles. The molecular formula is C15H8BrN3O. The van der Waals surface area contributed by atoms with Crippen molar-refractivity contribution in [2.24, 2.45) is 0 Å². The second-order valence-electron chi connectivity index (χ2n) is 4.05. The van der Waals surface area contributed by atoms with Crippen LogP contribution in [0.25, 0.3) is 10.8 Å². The highest BCUT2D eigenvalue weighted by Gasteiger charge is 2.08. The Balaban J connectivity index is 1.98. The molecule has 0 unspecified atom stereocenters. The standard InChI is InChI=1S/C15H8BrN3O/c16-15-12-4-2-1-3-10(12)5-6-13(15)20-14-9-18-11(7-17)8-19-14/h1-6,8-9H. The second kappa shape index (κ2) is 5.27. The highest BCUT2D eigenvalue weighted by Crippen LogP contribution is 2.35. The summed E-state index contributed by atoms with van der Waals surface area (Å²) >= 11 is 3.54. The van der Waals surface area contributed by atoms with Crippen molar-refractivity contribution in [3.63, 3.8) is 0 Å². The summed E-state index contributed by atoms with van der Waals surface area (Å²) in [4.78, 5) is 7.96. The smallest absolute Gasteiger partial charge is 0.237 e. The highest BCUT2D eigenvalue weighted by molar-refractivity contribution is 9.10. The topological polar surface area (TPSA) is 58.8 Å². The van der Waals surface area contributed by atoms with Crippen LogP contribution in [-0.4, -0.2) is 9.97 Å². The molecule has 5 heteroatoms. The number of nitriles is 1. The number of aromatic nitrogens is 2. The molecule has 1 heterocycles. The minimum atomic E-state index is 0.259. The van der Waals surface area contributed by atoms with Gasteiger partial charge in [-0.25, -0.2) is 9.97 Å². The average Bonchev–Trinajstić information content (AvgIpc) is 2.51. The van der Waals surface area contributed by atoms with Crippen LogP contribution in [0.3, 0.4) is 0 Å². The van der Waals surface area contributed by atoms with Gasteiger partial charge >= 0.3 is 0 Å². The predicted molar refractivity (Wildman–Crippen MR) is 78.5 cm³/mol. The van der Waals surface area contributed by atoms with Crippen LogP contribution < -0.4 is 4.74 Å². The monoisotopic (exact) mass is 325 g/mol. The second-order valence-corrected chi connectivity index (χ2v) is 4.85. The Morgan fingerprint density at radius 3 is 2.65 bits per heavy atom. The van der Waals surface area contributed by atoms with Crippen LogP contribution in [0.4, 0.5) is 0 Å². The fourth-order valence-electron chi connectivity index (χ4n) is 1.83. The van der Waals surface area contributed by atoms with E-state index in [9.17, 15) is 0 Å². The van der Waals surface area contributed by atoms with Crippen molar-refractivity contribution in [2.75, 3.05) is 0 Å². The Bertz CT molecular complexity index is 809. The molecule has 0 aliphatic rings. The van der Waals surface area contributed by atoms with E-state index in [1.165, 1.54) is 12.4 Å². The van der Waals surface area contributed by atoms with Crippen molar-refractivity contribution in [1.82, 2.24) is 9.97 Å². The first kappa shape index (κ1) is 12.6. The van der Waals surface area contributed by atoms with Gasteiger partial charge in [0.2, 0.25) is 5.88 Å². The summed E-state index contributed by atoms with van der Waals surface area (Å²) in [5.41, 5.74) is 0.259. The van der Waals surface area contributed by atoms with E-state index in [1.54, 1.807) is 0 Å². The van der Waals surface area contributed by atoms with Gasteiger partial charge in [-0.1, -0.05) is 30.3 Å². The maximum atomic E-state index is 8.68. The summed E-state index contributed by atoms with van der Waals surface area (Å²) in [5, 5.41) is 10.9. The van der Waals surface area contributed by atoms with E-state index in [-0.39, 0.29) is 5.69 Å². The average molecular weight is 326 g/mol. The van der Waals surface area contributed by atoms with Crippen LogP contribution in [0.5, 0.6) is 11.6 Å². The van der Waals surface area contributed by atoms with Crippen molar-refractivity contribution < 1.29 is 4.74 Å². The Hall–Kier alpha value is -2.45. The van der Waals surface area contributed by atoms with E-state index in [2.05, 4.69) is 25.9 Å². The highest BCUT2D eigenvalue weighted by atomic mass is 79.9. The van der Waals surface area contributed by atoms with Crippen molar-refractivity contribution in [2.45, 2.75) is 0 Å². The summed E-state index contributed by atoms with van der Waals surface area (Å²) in [6, 6.07) is 13.8. The van der Waals surface area contributed by atoms with Gasteiger partial charge in [0.25, 0.3) is 0 Å². The molecule has 4 nitrogen and oxygen atoms in total. The number of hydrogen-bond acceptors (Lipinski definition) is 4. The molecule has 0 saturated carbocycles. The van der Waals surface area contributed by atoms with E-state index in [0.717, 1.165) is 15.2 Å². The van der Waals surface area contributed by atoms with Gasteiger partial charge < -0.3 is 4.74 Å². The number of hydrogen-bond donors (Lipinski definition) is 0. The van der Waals surface area contributed by atoms with Crippen LogP contribution in [-0.2, 0) is 0 Å². The van der Waals surface area contributed by atoms with Crippen LogP contribution in [0.2, 0.25) is 0 Å². The molecule has 0 aliphatic heterocycles. The first-order valence-electron chi connectivity index (χ1n) is 5.85. The maximum absolute atomic E-state index is 8.68. The third-order valence-electron chi connectivity index (χ3n) is 2.79. The molecule has 0 spiro atoms. The van der Waals surface area contributed by atoms with E-state index in [4.69, 9.17) is 10.00 Å². The van der Waals surface area contributed by atoms with E-state index in [1.807, 2.05) is 42.5 Å². The molecule has 96 valence electrons. The quantitative estimate of drug-likeness (QED) is 0.713. The third kappa shape index (κ3) is 2.33. The minimum Gasteiger partial charge on any atom is -0.436 e. The lowest BCUT2D eigenvalue weighted by Crippen LogP contribution is -1.92. The molecule has 0 amide bonds. The Kier molecular flexibility index (Phi) is 3.32. The normalized spacial score (nSPS) is 10.2. The molecule has 0 bridgehead atoms. The van der Waals surface area contributed by atoms with Gasteiger partial charge in [-0.2, -0.15) is 5.26 Å². The molecule has 2 aromatic carbocycles. The van der Waals surface area contributed by atoms with Crippen LogP contribution in [0.1, 0.15) is 5.69 Å². The molecule has 0 radical (unpaired) electrons. The van der Waals surface area contributed by atoms with Crippen molar-refractivity contribution >= 4 is 26.7 Å². The SMILES string of the molecule is N#Cc1cnc(Oc2ccc3ccccc3c2Br)cn1. The molecule has 0 atom stereocenters. The van der Waals surface area contributed by atoms with Gasteiger partial charge in [0.15, 0.2) is 5.69 Å². The van der Waals surface area contributed by atoms with Gasteiger partial charge in [-0.15, -0.1) is 0 Å². The number of ether oxygens (including phenoxy) is 1. The summed E-state index contributed by atoms with van der Waals surface area (Å²) in [7, 11) is 0. The molecule has 3 rings (SSSR count). The summed E-state index contributed by atoms with van der Waals surface area (Å²) in [6.45, 7) is 0. The lowest BCUT2D eigenvalue weighted by Gasteiger charge is -2.08. The summed E-state index contributed by atoms with van der Waals surface area (Å²) in [6.07, 6.45) is 2.81. The summed E-state index contributed by atoms with van der Waals surface area (Å²) < 4.78 is 6.55. The number of benzene rings is 2. The largest absolute Gasteiger partial charge is 0.436 e. The number of fused-ring (bicyclic) bond motifs is 1. The zero-order chi connectivity index (χ0) is 13.9. The molecule has 0 fully saturated rings. The van der Waals surface area contributed by atoms with Crippen molar-refractivity contribution in [3.8, 4) is 17.7 Å². The Morgan fingerprint density at radius 1 is 1.05 bits per heavy atom. The van der Waals surface area contributed by atoms with E-state index >= 15 is 0 Å². The number of nitrogens with zero attached hydrogens (tertiary/aromatic N) is 3. The molecule has 0 aliphatic carbocycles. The van der Waals surface area contributed by atoms with Gasteiger partial charge in [0.05, 0.1) is 16.9 Å². The van der Waals surface area contributed by atoms with Gasteiger partial charge in [-0.3, -0.25) is 0 Å². The lowest BCUT2D eigenvalue weighted by molar-refractivity contribution is 0.458. The summed E-state index contributed by atoms with van der Waals surface area (Å²) in [5.74, 6) is 1.00. The Morgan fingerprint density at radius 2 is 1.90 bits per heavy atom. The third-order valence-corrected chi connectivity index (χ3v) is 3.60. The zero-order valence-electron chi connectivity index (χ0n) is 10.2. The number of halogens is 1.